The molecule has 0 aromatic heterocycles. The summed E-state index contributed by atoms with van der Waals surface area (Å²) in [6.45, 7) is 3.24. The molecule has 1 aromatic carbocycles. The van der Waals surface area contributed by atoms with E-state index < -0.39 is 0 Å². The molecule has 2 saturated carbocycles. The first kappa shape index (κ1) is 17.1. The molecular weight excluding hydrogens is 441 g/mol. The van der Waals surface area contributed by atoms with E-state index in [2.05, 4.69) is 62.7 Å². The summed E-state index contributed by atoms with van der Waals surface area (Å²) < 4.78 is 1.16. The molecule has 0 spiro atoms. The Morgan fingerprint density at radius 1 is 1.43 bits per heavy atom. The molecule has 2 aliphatic carbocycles. The molecule has 21 heavy (non-hydrogen) atoms. The molecule has 0 amide bonds. The van der Waals surface area contributed by atoms with Gasteiger partial charge in [0.25, 0.3) is 0 Å². The van der Waals surface area contributed by atoms with Crippen LogP contribution in [-0.2, 0) is 5.41 Å². The molecule has 2 unspecified atom stereocenters. The van der Waals surface area contributed by atoms with E-state index in [9.17, 15) is 0 Å². The van der Waals surface area contributed by atoms with Gasteiger partial charge >= 0.3 is 0 Å². The molecule has 3 nitrogen and oxygen atoms in total. The van der Waals surface area contributed by atoms with Crippen molar-refractivity contribution in [3.63, 3.8) is 0 Å². The lowest BCUT2D eigenvalue weighted by Crippen LogP contribution is -2.42. The molecule has 2 fully saturated rings. The Balaban J connectivity index is 0.00000161. The van der Waals surface area contributed by atoms with Gasteiger partial charge in [0.2, 0.25) is 0 Å². The molecule has 3 rings (SSSR count). The number of nitrogens with one attached hydrogen (secondary N) is 2. The molecule has 0 aliphatic heterocycles. The molecule has 2 aliphatic rings. The summed E-state index contributed by atoms with van der Waals surface area (Å²) in [7, 11) is 1.85. The van der Waals surface area contributed by atoms with Gasteiger partial charge in [-0.15, -0.1) is 24.0 Å². The Kier molecular flexibility index (Phi) is 5.57. The van der Waals surface area contributed by atoms with E-state index in [1.165, 1.54) is 24.8 Å². The van der Waals surface area contributed by atoms with Crippen LogP contribution in [0.3, 0.4) is 0 Å². The van der Waals surface area contributed by atoms with E-state index in [4.69, 9.17) is 0 Å². The number of nitrogens with zero attached hydrogens (tertiary/aromatic N) is 1. The summed E-state index contributed by atoms with van der Waals surface area (Å²) in [6, 6.07) is 9.30. The highest BCUT2D eigenvalue weighted by atomic mass is 127. The predicted octanol–water partition coefficient (Wildman–Crippen LogP) is 3.67. The van der Waals surface area contributed by atoms with Gasteiger partial charge in [0.05, 0.1) is 0 Å². The van der Waals surface area contributed by atoms with Gasteiger partial charge in [-0.1, -0.05) is 35.0 Å². The van der Waals surface area contributed by atoms with Gasteiger partial charge in [-0.2, -0.15) is 0 Å². The number of hydrogen-bond donors (Lipinski definition) is 2. The van der Waals surface area contributed by atoms with Crippen molar-refractivity contribution in [2.75, 3.05) is 13.6 Å². The van der Waals surface area contributed by atoms with Crippen molar-refractivity contribution in [3.05, 3.63) is 34.3 Å². The van der Waals surface area contributed by atoms with Crippen molar-refractivity contribution in [1.82, 2.24) is 10.6 Å². The quantitative estimate of drug-likeness (QED) is 0.406. The second kappa shape index (κ2) is 6.86. The lowest BCUT2D eigenvalue weighted by atomic mass is 9.96. The first-order chi connectivity index (χ1) is 9.63. The Labute approximate surface area is 152 Å². The predicted molar refractivity (Wildman–Crippen MR) is 103 cm³/mol. The SMILES string of the molecule is CN=C(NCC1(c2cccc(Br)c2)CC1)NC1CC1C.I. The second-order valence-electron chi connectivity index (χ2n) is 6.18. The van der Waals surface area contributed by atoms with E-state index in [1.807, 2.05) is 7.05 Å². The van der Waals surface area contributed by atoms with Gasteiger partial charge in [0.1, 0.15) is 0 Å². The van der Waals surface area contributed by atoms with Crippen LogP contribution in [0.25, 0.3) is 0 Å². The molecule has 0 radical (unpaired) electrons. The number of guanidine groups is 1. The zero-order valence-corrected chi connectivity index (χ0v) is 16.4. The first-order valence-corrected chi connectivity index (χ1v) is 8.15. The lowest BCUT2D eigenvalue weighted by molar-refractivity contribution is 0.642. The van der Waals surface area contributed by atoms with E-state index in [0.717, 1.165) is 22.9 Å². The van der Waals surface area contributed by atoms with Crippen LogP contribution in [-0.4, -0.2) is 25.6 Å². The van der Waals surface area contributed by atoms with Crippen LogP contribution in [0, 0.1) is 5.92 Å². The van der Waals surface area contributed by atoms with Gasteiger partial charge in [0.15, 0.2) is 5.96 Å². The van der Waals surface area contributed by atoms with Crippen molar-refractivity contribution < 1.29 is 0 Å². The summed E-state index contributed by atoms with van der Waals surface area (Å²) >= 11 is 3.57. The minimum atomic E-state index is 0. The highest BCUT2D eigenvalue weighted by Gasteiger charge is 2.44. The Hall–Kier alpha value is -0.300. The van der Waals surface area contributed by atoms with Crippen molar-refractivity contribution >= 4 is 45.9 Å². The summed E-state index contributed by atoms with van der Waals surface area (Å²) in [5.41, 5.74) is 1.73. The van der Waals surface area contributed by atoms with E-state index >= 15 is 0 Å². The summed E-state index contributed by atoms with van der Waals surface area (Å²) in [6.07, 6.45) is 3.78. The minimum Gasteiger partial charge on any atom is -0.356 e. The molecule has 5 heteroatoms. The fourth-order valence-electron chi connectivity index (χ4n) is 2.68. The number of benzene rings is 1. The van der Waals surface area contributed by atoms with Gasteiger partial charge in [0, 0.05) is 29.5 Å². The average molecular weight is 464 g/mol. The number of hydrogen-bond acceptors (Lipinski definition) is 1. The Morgan fingerprint density at radius 3 is 2.67 bits per heavy atom. The maximum absolute atomic E-state index is 4.33. The van der Waals surface area contributed by atoms with Crippen LogP contribution in [0.1, 0.15) is 31.7 Å². The molecule has 2 N–H and O–H groups in total. The normalized spacial score (nSPS) is 25.8. The van der Waals surface area contributed by atoms with Gasteiger partial charge < -0.3 is 10.6 Å². The zero-order valence-electron chi connectivity index (χ0n) is 12.5. The lowest BCUT2D eigenvalue weighted by Gasteiger charge is -2.19. The topological polar surface area (TPSA) is 36.4 Å². The van der Waals surface area contributed by atoms with Crippen molar-refractivity contribution in [1.29, 1.82) is 0 Å². The molecule has 0 heterocycles. The Morgan fingerprint density at radius 2 is 2.14 bits per heavy atom. The minimum absolute atomic E-state index is 0. The Bertz CT molecular complexity index is 528. The third kappa shape index (κ3) is 4.12. The zero-order chi connectivity index (χ0) is 14.2. The largest absolute Gasteiger partial charge is 0.356 e. The number of aliphatic imine (C=N–C) groups is 1. The fourth-order valence-corrected chi connectivity index (χ4v) is 3.08. The highest BCUT2D eigenvalue weighted by Crippen LogP contribution is 2.48. The van der Waals surface area contributed by atoms with Gasteiger partial charge in [-0.3, -0.25) is 4.99 Å². The van der Waals surface area contributed by atoms with Crippen molar-refractivity contribution in [2.24, 2.45) is 10.9 Å². The highest BCUT2D eigenvalue weighted by molar-refractivity contribution is 14.0. The van der Waals surface area contributed by atoms with Gasteiger partial charge in [-0.05, 0) is 42.9 Å². The maximum atomic E-state index is 4.33. The van der Waals surface area contributed by atoms with Crippen LogP contribution in [0.2, 0.25) is 0 Å². The second-order valence-corrected chi connectivity index (χ2v) is 7.10. The third-order valence-electron chi connectivity index (χ3n) is 4.54. The van der Waals surface area contributed by atoms with Crippen LogP contribution in [0.15, 0.2) is 33.7 Å². The summed E-state index contributed by atoms with van der Waals surface area (Å²) in [4.78, 5) is 4.33. The molecule has 1 aromatic rings. The molecule has 2 atom stereocenters. The first-order valence-electron chi connectivity index (χ1n) is 7.36. The monoisotopic (exact) mass is 463 g/mol. The third-order valence-corrected chi connectivity index (χ3v) is 5.03. The molecule has 0 bridgehead atoms. The van der Waals surface area contributed by atoms with Crippen molar-refractivity contribution in [2.45, 2.75) is 37.6 Å². The van der Waals surface area contributed by atoms with E-state index in [1.54, 1.807) is 0 Å². The summed E-state index contributed by atoms with van der Waals surface area (Å²) in [5.74, 6) is 1.73. The van der Waals surface area contributed by atoms with Crippen LogP contribution in [0.4, 0.5) is 0 Å². The van der Waals surface area contributed by atoms with Crippen LogP contribution in [0.5, 0.6) is 0 Å². The molecular formula is C16H23BrIN3. The van der Waals surface area contributed by atoms with Crippen molar-refractivity contribution in [3.8, 4) is 0 Å². The average Bonchev–Trinajstić information content (AvgIpc) is 3.34. The van der Waals surface area contributed by atoms with Crippen LogP contribution < -0.4 is 10.6 Å². The van der Waals surface area contributed by atoms with Gasteiger partial charge in [-0.25, -0.2) is 0 Å². The fraction of sp³-hybridized carbons (Fsp3) is 0.562. The summed E-state index contributed by atoms with van der Waals surface area (Å²) in [5, 5.41) is 6.99. The smallest absolute Gasteiger partial charge is 0.191 e. The number of rotatable bonds is 4. The number of halogens is 2. The standard InChI is InChI=1S/C16H22BrN3.HI/c1-11-8-14(11)20-15(18-2)19-10-16(6-7-16)12-4-3-5-13(17)9-12;/h3-5,9,11,14H,6-8,10H2,1-2H3,(H2,18,19,20);1H. The molecule has 0 saturated heterocycles. The molecule has 116 valence electrons. The van der Waals surface area contributed by atoms with E-state index in [0.29, 0.717) is 11.5 Å². The van der Waals surface area contributed by atoms with E-state index in [-0.39, 0.29) is 24.0 Å². The van der Waals surface area contributed by atoms with Crippen LogP contribution >= 0.6 is 39.9 Å². The maximum Gasteiger partial charge on any atom is 0.191 e.